The van der Waals surface area contributed by atoms with Crippen molar-refractivity contribution in [3.63, 3.8) is 0 Å². The fourth-order valence-electron chi connectivity index (χ4n) is 3.11. The Bertz CT molecular complexity index is 360. The molecule has 2 rings (SSSR count). The maximum absolute atomic E-state index is 10.7. The lowest BCUT2D eigenvalue weighted by Crippen LogP contribution is -2.18. The highest BCUT2D eigenvalue weighted by molar-refractivity contribution is 5.27. The number of hydrogen-bond donors (Lipinski definition) is 1. The molecule has 0 radical (unpaired) electrons. The molecule has 1 fully saturated rings. The molecule has 19 heavy (non-hydrogen) atoms. The van der Waals surface area contributed by atoms with E-state index in [4.69, 9.17) is 4.74 Å². The second kappa shape index (κ2) is 6.94. The molecule has 1 unspecified atom stereocenters. The van der Waals surface area contributed by atoms with Gasteiger partial charge >= 0.3 is 0 Å². The maximum atomic E-state index is 10.7. The zero-order valence-electron chi connectivity index (χ0n) is 12.1. The molecule has 0 amide bonds. The Balaban J connectivity index is 2.16. The molecule has 0 spiro atoms. The van der Waals surface area contributed by atoms with Crippen LogP contribution in [0.25, 0.3) is 0 Å². The molecule has 1 saturated carbocycles. The molecular formula is C15H26N2O2. The summed E-state index contributed by atoms with van der Waals surface area (Å²) in [5, 5.41) is 15.0. The average Bonchev–Trinajstić information content (AvgIpc) is 2.80. The molecule has 0 aromatic carbocycles. The third-order valence-corrected chi connectivity index (χ3v) is 4.24. The van der Waals surface area contributed by atoms with E-state index in [0.29, 0.717) is 5.92 Å². The van der Waals surface area contributed by atoms with Gasteiger partial charge in [-0.2, -0.15) is 5.10 Å². The quantitative estimate of drug-likeness (QED) is 0.909. The van der Waals surface area contributed by atoms with Gasteiger partial charge in [0.05, 0.1) is 13.3 Å². The standard InChI is InChI=1S/C15H26N2O2/c1-3-17-14(13(19-2)11-16-17)15(18)12-9-7-5-4-6-8-10-12/h11-12,15,18H,3-10H2,1-2H3. The van der Waals surface area contributed by atoms with Crippen molar-refractivity contribution in [2.24, 2.45) is 5.92 Å². The van der Waals surface area contributed by atoms with Crippen molar-refractivity contribution in [2.75, 3.05) is 7.11 Å². The van der Waals surface area contributed by atoms with E-state index < -0.39 is 6.10 Å². The van der Waals surface area contributed by atoms with E-state index in [1.165, 1.54) is 32.1 Å². The van der Waals surface area contributed by atoms with Crippen molar-refractivity contribution in [2.45, 2.75) is 64.5 Å². The number of aliphatic hydroxyl groups excluding tert-OH is 1. The monoisotopic (exact) mass is 266 g/mol. The van der Waals surface area contributed by atoms with Gasteiger partial charge in [0.1, 0.15) is 11.8 Å². The van der Waals surface area contributed by atoms with Gasteiger partial charge in [-0.1, -0.05) is 32.1 Å². The molecule has 1 aliphatic carbocycles. The summed E-state index contributed by atoms with van der Waals surface area (Å²) in [5.74, 6) is 1.06. The minimum Gasteiger partial charge on any atom is -0.493 e. The van der Waals surface area contributed by atoms with Gasteiger partial charge in [-0.3, -0.25) is 4.68 Å². The Morgan fingerprint density at radius 2 is 1.95 bits per heavy atom. The number of hydrogen-bond acceptors (Lipinski definition) is 3. The Labute approximate surface area is 115 Å². The van der Waals surface area contributed by atoms with Crippen molar-refractivity contribution >= 4 is 0 Å². The van der Waals surface area contributed by atoms with Crippen molar-refractivity contribution in [1.82, 2.24) is 9.78 Å². The van der Waals surface area contributed by atoms with E-state index in [1.54, 1.807) is 13.3 Å². The van der Waals surface area contributed by atoms with Crippen LogP contribution in [0.2, 0.25) is 0 Å². The molecule has 4 heteroatoms. The lowest BCUT2D eigenvalue weighted by Gasteiger charge is -2.25. The number of aromatic nitrogens is 2. The molecule has 1 aromatic rings. The Morgan fingerprint density at radius 1 is 1.32 bits per heavy atom. The van der Waals surface area contributed by atoms with E-state index in [9.17, 15) is 5.11 Å². The van der Waals surface area contributed by atoms with Crippen molar-refractivity contribution < 1.29 is 9.84 Å². The summed E-state index contributed by atoms with van der Waals surface area (Å²) >= 11 is 0. The first kappa shape index (κ1) is 14.4. The van der Waals surface area contributed by atoms with Gasteiger partial charge < -0.3 is 9.84 Å². The zero-order valence-corrected chi connectivity index (χ0v) is 12.1. The summed E-state index contributed by atoms with van der Waals surface area (Å²) in [5.41, 5.74) is 0.857. The normalized spacial score (nSPS) is 19.7. The van der Waals surface area contributed by atoms with Gasteiger partial charge in [0.2, 0.25) is 0 Å². The summed E-state index contributed by atoms with van der Waals surface area (Å²) in [4.78, 5) is 0. The van der Waals surface area contributed by atoms with E-state index in [-0.39, 0.29) is 0 Å². The van der Waals surface area contributed by atoms with Gasteiger partial charge in [-0.25, -0.2) is 0 Å². The molecule has 1 aromatic heterocycles. The highest BCUT2D eigenvalue weighted by Crippen LogP contribution is 2.36. The van der Waals surface area contributed by atoms with Gasteiger partial charge in [0.25, 0.3) is 0 Å². The summed E-state index contributed by atoms with van der Waals surface area (Å²) < 4.78 is 7.22. The topological polar surface area (TPSA) is 47.3 Å². The summed E-state index contributed by atoms with van der Waals surface area (Å²) in [6.07, 6.45) is 9.88. The highest BCUT2D eigenvalue weighted by atomic mass is 16.5. The molecule has 0 saturated heterocycles. The molecule has 1 aliphatic rings. The van der Waals surface area contributed by atoms with Crippen LogP contribution in [-0.2, 0) is 6.54 Å². The first-order chi connectivity index (χ1) is 9.27. The predicted molar refractivity (Wildman–Crippen MR) is 75.2 cm³/mol. The van der Waals surface area contributed by atoms with Crippen LogP contribution in [0, 0.1) is 5.92 Å². The van der Waals surface area contributed by atoms with Crippen molar-refractivity contribution in [1.29, 1.82) is 0 Å². The summed E-state index contributed by atoms with van der Waals surface area (Å²) in [6, 6.07) is 0. The van der Waals surface area contributed by atoms with Crippen LogP contribution in [0.5, 0.6) is 5.75 Å². The molecule has 0 bridgehead atoms. The van der Waals surface area contributed by atoms with Crippen LogP contribution in [0.3, 0.4) is 0 Å². The van der Waals surface area contributed by atoms with Crippen LogP contribution in [0.4, 0.5) is 0 Å². The third-order valence-electron chi connectivity index (χ3n) is 4.24. The van der Waals surface area contributed by atoms with Gasteiger partial charge in [-0.15, -0.1) is 0 Å². The second-order valence-corrected chi connectivity index (χ2v) is 5.46. The Kier molecular flexibility index (Phi) is 5.25. The largest absolute Gasteiger partial charge is 0.493 e. The van der Waals surface area contributed by atoms with Crippen LogP contribution in [-0.4, -0.2) is 22.0 Å². The van der Waals surface area contributed by atoms with E-state index in [2.05, 4.69) is 5.10 Å². The fraction of sp³-hybridized carbons (Fsp3) is 0.800. The fourth-order valence-corrected chi connectivity index (χ4v) is 3.11. The van der Waals surface area contributed by atoms with Crippen LogP contribution in [0.1, 0.15) is 63.7 Å². The second-order valence-electron chi connectivity index (χ2n) is 5.46. The van der Waals surface area contributed by atoms with E-state index in [1.807, 2.05) is 11.6 Å². The Hall–Kier alpha value is -1.03. The lowest BCUT2D eigenvalue weighted by atomic mass is 9.86. The van der Waals surface area contributed by atoms with E-state index in [0.717, 1.165) is 30.8 Å². The van der Waals surface area contributed by atoms with Crippen molar-refractivity contribution in [3.8, 4) is 5.75 Å². The van der Waals surface area contributed by atoms with Gasteiger partial charge in [-0.05, 0) is 25.7 Å². The average molecular weight is 266 g/mol. The number of nitrogens with zero attached hydrogens (tertiary/aromatic N) is 2. The number of methoxy groups -OCH3 is 1. The minimum absolute atomic E-state index is 0.344. The van der Waals surface area contributed by atoms with E-state index >= 15 is 0 Å². The summed E-state index contributed by atoms with van der Waals surface area (Å²) in [7, 11) is 1.64. The molecule has 1 N–H and O–H groups in total. The molecule has 1 atom stereocenters. The van der Waals surface area contributed by atoms with Gasteiger partial charge in [0, 0.05) is 6.54 Å². The van der Waals surface area contributed by atoms with Crippen LogP contribution < -0.4 is 4.74 Å². The maximum Gasteiger partial charge on any atom is 0.162 e. The van der Waals surface area contributed by atoms with Crippen molar-refractivity contribution in [3.05, 3.63) is 11.9 Å². The smallest absolute Gasteiger partial charge is 0.162 e. The predicted octanol–water partition coefficient (Wildman–Crippen LogP) is 3.31. The summed E-state index contributed by atoms with van der Waals surface area (Å²) in [6.45, 7) is 2.81. The SMILES string of the molecule is CCn1ncc(OC)c1C(O)C1CCCCCCC1. The number of aliphatic hydroxyl groups is 1. The molecule has 4 nitrogen and oxygen atoms in total. The number of ether oxygens (including phenoxy) is 1. The molecular weight excluding hydrogens is 240 g/mol. The molecule has 1 heterocycles. The third kappa shape index (κ3) is 3.30. The van der Waals surface area contributed by atoms with Crippen LogP contribution in [0.15, 0.2) is 6.20 Å². The first-order valence-corrected chi connectivity index (χ1v) is 7.55. The molecule has 108 valence electrons. The first-order valence-electron chi connectivity index (χ1n) is 7.55. The van der Waals surface area contributed by atoms with Crippen LogP contribution >= 0.6 is 0 Å². The number of rotatable bonds is 4. The zero-order chi connectivity index (χ0) is 13.7. The lowest BCUT2D eigenvalue weighted by molar-refractivity contribution is 0.0805. The molecule has 0 aliphatic heterocycles. The van der Waals surface area contributed by atoms with Gasteiger partial charge in [0.15, 0.2) is 5.75 Å². The highest BCUT2D eigenvalue weighted by Gasteiger charge is 2.27. The Morgan fingerprint density at radius 3 is 2.53 bits per heavy atom. The number of aryl methyl sites for hydroxylation is 1. The minimum atomic E-state index is -0.449.